The van der Waals surface area contributed by atoms with Crippen LogP contribution in [0.2, 0.25) is 0 Å². The number of methoxy groups -OCH3 is 2. The Bertz CT molecular complexity index is 152. The molecule has 0 aromatic carbocycles. The van der Waals surface area contributed by atoms with Gasteiger partial charge in [0.1, 0.15) is 12.9 Å². The summed E-state index contributed by atoms with van der Waals surface area (Å²) in [6, 6.07) is 0. The summed E-state index contributed by atoms with van der Waals surface area (Å²) in [7, 11) is 3.25. The van der Waals surface area contributed by atoms with Crippen LogP contribution in [0.5, 0.6) is 0 Å². The molecule has 0 bridgehead atoms. The molecule has 0 aromatic heterocycles. The zero-order valence-electron chi connectivity index (χ0n) is 9.03. The minimum atomic E-state index is -0.0994. The van der Waals surface area contributed by atoms with E-state index in [1.165, 1.54) is 0 Å². The van der Waals surface area contributed by atoms with Crippen LogP contribution in [0.25, 0.3) is 0 Å². The molecule has 4 heteroatoms. The Kier molecular flexibility index (Phi) is 8.47. The van der Waals surface area contributed by atoms with Crippen LogP contribution in [0.1, 0.15) is 6.92 Å². The number of alkyl halides is 1. The summed E-state index contributed by atoms with van der Waals surface area (Å²) in [6.45, 7) is 6.08. The van der Waals surface area contributed by atoms with E-state index >= 15 is 0 Å². The zero-order valence-corrected chi connectivity index (χ0v) is 10.6. The van der Waals surface area contributed by atoms with Crippen molar-refractivity contribution in [2.75, 3.05) is 26.3 Å². The number of halogens is 1. The molecule has 0 radical (unpaired) electrons. The first-order valence-corrected chi connectivity index (χ1v) is 5.65. The quantitative estimate of drug-likeness (QED) is 0.383. The van der Waals surface area contributed by atoms with Gasteiger partial charge in [-0.15, -0.1) is 6.58 Å². The Labute approximate surface area is 94.5 Å². The van der Waals surface area contributed by atoms with Gasteiger partial charge in [0.05, 0.1) is 6.10 Å². The standard InChI is InChI=1S/C10H19BrO3/c1-5-9(13-4)10(8(2)6-11)14-7-12-3/h5,8-10H,1,6-7H2,2-4H3/t8-,9+,10+/m1/s1. The van der Waals surface area contributed by atoms with Gasteiger partial charge in [-0.25, -0.2) is 0 Å². The smallest absolute Gasteiger partial charge is 0.146 e. The maximum atomic E-state index is 5.54. The van der Waals surface area contributed by atoms with E-state index in [1.54, 1.807) is 20.3 Å². The third-order valence-corrected chi connectivity index (χ3v) is 3.03. The maximum absolute atomic E-state index is 5.54. The second kappa shape index (κ2) is 8.41. The van der Waals surface area contributed by atoms with Crippen LogP contribution in [0.3, 0.4) is 0 Å². The topological polar surface area (TPSA) is 27.7 Å². The predicted molar refractivity (Wildman–Crippen MR) is 60.7 cm³/mol. The lowest BCUT2D eigenvalue weighted by atomic mass is 10.0. The van der Waals surface area contributed by atoms with Gasteiger partial charge in [0, 0.05) is 19.5 Å². The van der Waals surface area contributed by atoms with E-state index in [0.29, 0.717) is 5.92 Å². The van der Waals surface area contributed by atoms with E-state index in [1.807, 2.05) is 0 Å². The Balaban J connectivity index is 4.27. The Hall–Kier alpha value is 0.100. The Morgan fingerprint density at radius 2 is 2.07 bits per heavy atom. The molecule has 0 aliphatic carbocycles. The molecule has 0 saturated carbocycles. The Morgan fingerprint density at radius 3 is 2.43 bits per heavy atom. The molecule has 0 heterocycles. The van der Waals surface area contributed by atoms with Gasteiger partial charge in [0.25, 0.3) is 0 Å². The van der Waals surface area contributed by atoms with Crippen molar-refractivity contribution >= 4 is 15.9 Å². The summed E-state index contributed by atoms with van der Waals surface area (Å²) in [4.78, 5) is 0. The van der Waals surface area contributed by atoms with Crippen LogP contribution in [-0.2, 0) is 14.2 Å². The first-order valence-electron chi connectivity index (χ1n) is 4.53. The van der Waals surface area contributed by atoms with Crippen molar-refractivity contribution in [3.05, 3.63) is 12.7 Å². The monoisotopic (exact) mass is 266 g/mol. The molecule has 84 valence electrons. The second-order valence-corrected chi connectivity index (χ2v) is 3.75. The van der Waals surface area contributed by atoms with Crippen molar-refractivity contribution in [2.45, 2.75) is 19.1 Å². The average Bonchev–Trinajstić information content (AvgIpc) is 2.23. The molecule has 0 fully saturated rings. The van der Waals surface area contributed by atoms with E-state index in [0.717, 1.165) is 5.33 Å². The number of hydrogen-bond acceptors (Lipinski definition) is 3. The molecular formula is C10H19BrO3. The van der Waals surface area contributed by atoms with E-state index < -0.39 is 0 Å². The normalized spacial score (nSPS) is 17.4. The highest BCUT2D eigenvalue weighted by atomic mass is 79.9. The zero-order chi connectivity index (χ0) is 11.0. The largest absolute Gasteiger partial charge is 0.375 e. The summed E-state index contributed by atoms with van der Waals surface area (Å²) in [5.74, 6) is 0.341. The molecule has 0 aromatic rings. The van der Waals surface area contributed by atoms with Crippen LogP contribution in [0.4, 0.5) is 0 Å². The van der Waals surface area contributed by atoms with Gasteiger partial charge in [-0.3, -0.25) is 0 Å². The summed E-state index contributed by atoms with van der Waals surface area (Å²) in [5, 5.41) is 0.856. The van der Waals surface area contributed by atoms with Crippen molar-refractivity contribution in [3.63, 3.8) is 0 Å². The fourth-order valence-electron chi connectivity index (χ4n) is 1.18. The molecule has 0 aliphatic heterocycles. The molecule has 0 spiro atoms. The maximum Gasteiger partial charge on any atom is 0.146 e. The Morgan fingerprint density at radius 1 is 1.43 bits per heavy atom. The van der Waals surface area contributed by atoms with Gasteiger partial charge >= 0.3 is 0 Å². The van der Waals surface area contributed by atoms with Crippen LogP contribution in [-0.4, -0.2) is 38.6 Å². The molecule has 3 atom stereocenters. The highest BCUT2D eigenvalue weighted by Gasteiger charge is 2.24. The van der Waals surface area contributed by atoms with E-state index in [2.05, 4.69) is 29.4 Å². The first kappa shape index (κ1) is 14.1. The molecule has 0 aliphatic rings. The van der Waals surface area contributed by atoms with E-state index in [-0.39, 0.29) is 19.0 Å². The molecule has 3 nitrogen and oxygen atoms in total. The summed E-state index contributed by atoms with van der Waals surface area (Å²) < 4.78 is 15.7. The average molecular weight is 267 g/mol. The van der Waals surface area contributed by atoms with Gasteiger partial charge in [0.2, 0.25) is 0 Å². The summed E-state index contributed by atoms with van der Waals surface area (Å²) >= 11 is 3.42. The van der Waals surface area contributed by atoms with Crippen LogP contribution >= 0.6 is 15.9 Å². The van der Waals surface area contributed by atoms with Crippen LogP contribution < -0.4 is 0 Å². The van der Waals surface area contributed by atoms with Gasteiger partial charge in [-0.05, 0) is 5.92 Å². The predicted octanol–water partition coefficient (Wildman–Crippen LogP) is 2.21. The fourth-order valence-corrected chi connectivity index (χ4v) is 1.55. The van der Waals surface area contributed by atoms with Crippen molar-refractivity contribution in [1.82, 2.24) is 0 Å². The molecule has 0 N–H and O–H groups in total. The minimum absolute atomic E-state index is 0.0307. The number of rotatable bonds is 8. The van der Waals surface area contributed by atoms with Gasteiger partial charge < -0.3 is 14.2 Å². The summed E-state index contributed by atoms with van der Waals surface area (Å²) in [5.41, 5.74) is 0. The van der Waals surface area contributed by atoms with Crippen molar-refractivity contribution in [2.24, 2.45) is 5.92 Å². The lowest BCUT2D eigenvalue weighted by Crippen LogP contribution is -2.36. The lowest BCUT2D eigenvalue weighted by molar-refractivity contribution is -0.123. The fraction of sp³-hybridized carbons (Fsp3) is 0.800. The molecule has 0 unspecified atom stereocenters. The first-order chi connectivity index (χ1) is 6.71. The molecule has 0 rings (SSSR count). The number of ether oxygens (including phenoxy) is 3. The van der Waals surface area contributed by atoms with E-state index in [9.17, 15) is 0 Å². The van der Waals surface area contributed by atoms with Gasteiger partial charge in [-0.2, -0.15) is 0 Å². The van der Waals surface area contributed by atoms with E-state index in [4.69, 9.17) is 14.2 Å². The van der Waals surface area contributed by atoms with Gasteiger partial charge in [-0.1, -0.05) is 28.9 Å². The van der Waals surface area contributed by atoms with Crippen molar-refractivity contribution < 1.29 is 14.2 Å². The lowest BCUT2D eigenvalue weighted by Gasteiger charge is -2.27. The number of hydrogen-bond donors (Lipinski definition) is 0. The minimum Gasteiger partial charge on any atom is -0.375 e. The van der Waals surface area contributed by atoms with Crippen molar-refractivity contribution in [1.29, 1.82) is 0 Å². The summed E-state index contributed by atoms with van der Waals surface area (Å²) in [6.07, 6.45) is 1.62. The highest BCUT2D eigenvalue weighted by Crippen LogP contribution is 2.17. The third kappa shape index (κ3) is 4.55. The van der Waals surface area contributed by atoms with Gasteiger partial charge in [0.15, 0.2) is 0 Å². The molecule has 0 saturated heterocycles. The van der Waals surface area contributed by atoms with Crippen LogP contribution in [0, 0.1) is 5.92 Å². The highest BCUT2D eigenvalue weighted by molar-refractivity contribution is 9.09. The molecular weight excluding hydrogens is 248 g/mol. The van der Waals surface area contributed by atoms with Crippen molar-refractivity contribution in [3.8, 4) is 0 Å². The SMILES string of the molecule is C=C[C@H](OC)[C@@H](OCOC)[C@H](C)CBr. The second-order valence-electron chi connectivity index (χ2n) is 3.11. The molecule has 14 heavy (non-hydrogen) atoms. The molecule has 0 amide bonds. The van der Waals surface area contributed by atoms with Crippen LogP contribution in [0.15, 0.2) is 12.7 Å². The third-order valence-electron chi connectivity index (χ3n) is 2.01.